The van der Waals surface area contributed by atoms with Crippen molar-refractivity contribution in [2.45, 2.75) is 5.92 Å². The average Bonchev–Trinajstić information content (AvgIpc) is 2.88. The molecule has 8 heteroatoms. The van der Waals surface area contributed by atoms with E-state index >= 15 is 0 Å². The van der Waals surface area contributed by atoms with E-state index in [1.807, 2.05) is 0 Å². The third kappa shape index (κ3) is 4.66. The largest absolute Gasteiger partial charge is 0.508 e. The van der Waals surface area contributed by atoms with Crippen molar-refractivity contribution in [2.75, 3.05) is 42.7 Å². The molecule has 0 spiro atoms. The van der Waals surface area contributed by atoms with E-state index < -0.39 is 5.92 Å². The maximum absolute atomic E-state index is 14.1. The maximum atomic E-state index is 14.1. The van der Waals surface area contributed by atoms with Gasteiger partial charge in [-0.2, -0.15) is 0 Å². The van der Waals surface area contributed by atoms with Crippen LogP contribution >= 0.6 is 0 Å². The molecule has 0 aliphatic heterocycles. The second-order valence-corrected chi connectivity index (χ2v) is 7.24. The lowest BCUT2D eigenvalue weighted by molar-refractivity contribution is 0.0969. The van der Waals surface area contributed by atoms with E-state index in [-0.39, 0.29) is 11.5 Å². The Hall–Kier alpha value is -4.07. The molecule has 0 fully saturated rings. The summed E-state index contributed by atoms with van der Waals surface area (Å²) < 4.78 is 33.4. The van der Waals surface area contributed by atoms with Gasteiger partial charge in [0.15, 0.2) is 5.78 Å². The van der Waals surface area contributed by atoms with Crippen LogP contribution in [0.25, 0.3) is 0 Å². The van der Waals surface area contributed by atoms with Crippen LogP contribution in [-0.2, 0) is 0 Å². The molecule has 0 radical (unpaired) electrons. The highest BCUT2D eigenvalue weighted by molar-refractivity contribution is 6.05. The Bertz CT molecular complexity index is 1040. The molecule has 0 aliphatic rings. The van der Waals surface area contributed by atoms with Crippen molar-refractivity contribution < 1.29 is 38.3 Å². The van der Waals surface area contributed by atoms with Crippen molar-refractivity contribution in [3.05, 3.63) is 65.2 Å². The molecule has 0 atom stereocenters. The molecule has 0 bridgehead atoms. The van der Waals surface area contributed by atoms with Crippen LogP contribution in [0.1, 0.15) is 27.4 Å². The summed E-state index contributed by atoms with van der Waals surface area (Å²) in [6.07, 6.45) is 0. The Balaban J connectivity index is 2.41. The Morgan fingerprint density at radius 1 is 0.618 bits per heavy atom. The van der Waals surface area contributed by atoms with Gasteiger partial charge in [0.2, 0.25) is 0 Å². The van der Waals surface area contributed by atoms with Gasteiger partial charge in [0.05, 0.1) is 59.7 Å². The van der Waals surface area contributed by atoms with E-state index in [1.165, 1.54) is 54.8 Å². The van der Waals surface area contributed by atoms with Gasteiger partial charge in [-0.05, 0) is 24.3 Å². The standard InChI is InChI=1S/C26H28O8/c1-29-17-11-19(31-3)23(20(12-17)32-4)25(26(28)15-7-9-16(27)10-8-15)24-21(33-5)13-18(30-2)14-22(24)34-6/h7-14,25,27H,1-6H3. The minimum atomic E-state index is -0.962. The van der Waals surface area contributed by atoms with Crippen molar-refractivity contribution >= 4 is 5.78 Å². The minimum Gasteiger partial charge on any atom is -0.508 e. The molecule has 0 saturated carbocycles. The Kier molecular flexibility index (Phi) is 7.73. The molecule has 0 aliphatic carbocycles. The van der Waals surface area contributed by atoms with Crippen LogP contribution in [0.5, 0.6) is 40.2 Å². The first-order chi connectivity index (χ1) is 16.4. The number of Topliss-reactive ketones (excluding diaryl/α,β-unsaturated/α-hetero) is 1. The number of hydrogen-bond acceptors (Lipinski definition) is 8. The highest BCUT2D eigenvalue weighted by Gasteiger charge is 2.36. The molecule has 34 heavy (non-hydrogen) atoms. The molecule has 0 aromatic heterocycles. The van der Waals surface area contributed by atoms with Crippen LogP contribution in [0, 0.1) is 0 Å². The fraction of sp³-hybridized carbons (Fsp3) is 0.269. The van der Waals surface area contributed by atoms with Crippen molar-refractivity contribution in [1.29, 1.82) is 0 Å². The monoisotopic (exact) mass is 468 g/mol. The highest BCUT2D eigenvalue weighted by atomic mass is 16.5. The third-order valence-corrected chi connectivity index (χ3v) is 5.50. The quantitative estimate of drug-likeness (QED) is 0.436. The van der Waals surface area contributed by atoms with E-state index in [0.29, 0.717) is 51.2 Å². The molecule has 3 rings (SSSR count). The van der Waals surface area contributed by atoms with Gasteiger partial charge < -0.3 is 33.5 Å². The van der Waals surface area contributed by atoms with Gasteiger partial charge in [-0.15, -0.1) is 0 Å². The van der Waals surface area contributed by atoms with Crippen molar-refractivity contribution in [2.24, 2.45) is 0 Å². The summed E-state index contributed by atoms with van der Waals surface area (Å²) in [5.41, 5.74) is 1.29. The summed E-state index contributed by atoms with van der Waals surface area (Å²) in [4.78, 5) is 14.1. The number of aromatic hydroxyl groups is 1. The van der Waals surface area contributed by atoms with Crippen LogP contribution in [0.4, 0.5) is 0 Å². The van der Waals surface area contributed by atoms with Crippen molar-refractivity contribution in [3.8, 4) is 40.2 Å². The number of hydrogen-bond donors (Lipinski definition) is 1. The Morgan fingerprint density at radius 2 is 0.971 bits per heavy atom. The molecule has 180 valence electrons. The normalized spacial score (nSPS) is 10.6. The number of ether oxygens (including phenoxy) is 6. The van der Waals surface area contributed by atoms with Gasteiger partial charge in [-0.3, -0.25) is 4.79 Å². The SMILES string of the molecule is COc1cc(OC)c(C(C(=O)c2ccc(O)cc2)c2c(OC)cc(OC)cc2OC)c(OC)c1. The summed E-state index contributed by atoms with van der Waals surface area (Å²) in [5, 5.41) is 9.74. The molecule has 8 nitrogen and oxygen atoms in total. The number of carbonyl (C=O) groups is 1. The van der Waals surface area contributed by atoms with Gasteiger partial charge >= 0.3 is 0 Å². The predicted molar refractivity (Wildman–Crippen MR) is 126 cm³/mol. The summed E-state index contributed by atoms with van der Waals surface area (Å²) in [7, 11) is 9.07. The maximum Gasteiger partial charge on any atom is 0.175 e. The number of phenols is 1. The molecule has 0 unspecified atom stereocenters. The first-order valence-corrected chi connectivity index (χ1v) is 10.3. The van der Waals surface area contributed by atoms with Crippen molar-refractivity contribution in [3.63, 3.8) is 0 Å². The number of benzene rings is 3. The zero-order valence-corrected chi connectivity index (χ0v) is 20.0. The number of carbonyl (C=O) groups excluding carboxylic acids is 1. The molecule has 0 amide bonds. The van der Waals surface area contributed by atoms with Crippen LogP contribution in [-0.4, -0.2) is 53.5 Å². The summed E-state index contributed by atoms with van der Waals surface area (Å²) >= 11 is 0. The highest BCUT2D eigenvalue weighted by Crippen LogP contribution is 2.49. The lowest BCUT2D eigenvalue weighted by Crippen LogP contribution is -2.18. The second-order valence-electron chi connectivity index (χ2n) is 7.24. The average molecular weight is 469 g/mol. The van der Waals surface area contributed by atoms with Gasteiger partial charge in [0, 0.05) is 29.8 Å². The zero-order chi connectivity index (χ0) is 24.8. The molecule has 0 saturated heterocycles. The first-order valence-electron chi connectivity index (χ1n) is 10.3. The molecule has 3 aromatic rings. The molecule has 1 N–H and O–H groups in total. The topological polar surface area (TPSA) is 92.7 Å². The molecular formula is C26H28O8. The smallest absolute Gasteiger partial charge is 0.175 e. The summed E-state index contributed by atoms with van der Waals surface area (Å²) in [5.74, 6) is 1.33. The Morgan fingerprint density at radius 3 is 1.26 bits per heavy atom. The predicted octanol–water partition coefficient (Wildman–Crippen LogP) is 4.46. The fourth-order valence-corrected chi connectivity index (χ4v) is 3.83. The second kappa shape index (κ2) is 10.7. The van der Waals surface area contributed by atoms with E-state index in [4.69, 9.17) is 28.4 Å². The first kappa shape index (κ1) is 24.6. The number of phenolic OH excluding ortho intramolecular Hbond substituents is 1. The molecule has 3 aromatic carbocycles. The van der Waals surface area contributed by atoms with Crippen LogP contribution in [0.3, 0.4) is 0 Å². The molecule has 0 heterocycles. The number of methoxy groups -OCH3 is 6. The zero-order valence-electron chi connectivity index (χ0n) is 20.0. The van der Waals surface area contributed by atoms with Gasteiger partial charge in [-0.25, -0.2) is 0 Å². The van der Waals surface area contributed by atoms with Crippen LogP contribution < -0.4 is 28.4 Å². The van der Waals surface area contributed by atoms with Gasteiger partial charge in [0.1, 0.15) is 40.2 Å². The van der Waals surface area contributed by atoms with Gasteiger partial charge in [-0.1, -0.05) is 0 Å². The van der Waals surface area contributed by atoms with Crippen LogP contribution in [0.15, 0.2) is 48.5 Å². The van der Waals surface area contributed by atoms with Gasteiger partial charge in [0.25, 0.3) is 0 Å². The number of rotatable bonds is 10. The minimum absolute atomic E-state index is 0.0484. The lowest BCUT2D eigenvalue weighted by Gasteiger charge is -2.26. The van der Waals surface area contributed by atoms with E-state index in [2.05, 4.69) is 0 Å². The van der Waals surface area contributed by atoms with Crippen molar-refractivity contribution in [1.82, 2.24) is 0 Å². The van der Waals surface area contributed by atoms with E-state index in [1.54, 1.807) is 36.4 Å². The Labute approximate surface area is 198 Å². The molecular weight excluding hydrogens is 440 g/mol. The third-order valence-electron chi connectivity index (χ3n) is 5.50. The fourth-order valence-electron chi connectivity index (χ4n) is 3.83. The van der Waals surface area contributed by atoms with E-state index in [0.717, 1.165) is 0 Å². The van der Waals surface area contributed by atoms with Crippen LogP contribution in [0.2, 0.25) is 0 Å². The number of ketones is 1. The summed E-state index contributed by atoms with van der Waals surface area (Å²) in [6, 6.07) is 12.7. The summed E-state index contributed by atoms with van der Waals surface area (Å²) in [6.45, 7) is 0. The lowest BCUT2D eigenvalue weighted by atomic mass is 9.82. The van der Waals surface area contributed by atoms with E-state index in [9.17, 15) is 9.90 Å².